The molecule has 0 unspecified atom stereocenters. The first kappa shape index (κ1) is 21.0. The maximum absolute atomic E-state index is 12.2. The van der Waals surface area contributed by atoms with Crippen LogP contribution in [0.4, 0.5) is 27.7 Å². The van der Waals surface area contributed by atoms with E-state index in [2.05, 4.69) is 64.8 Å². The maximum Gasteiger partial charge on any atom is 0.319 e. The van der Waals surface area contributed by atoms with Crippen LogP contribution in [0.1, 0.15) is 51.5 Å². The van der Waals surface area contributed by atoms with Gasteiger partial charge in [-0.2, -0.15) is 0 Å². The van der Waals surface area contributed by atoms with Gasteiger partial charge in [0.25, 0.3) is 0 Å². The van der Waals surface area contributed by atoms with Gasteiger partial charge in [-0.25, -0.2) is 9.78 Å². The summed E-state index contributed by atoms with van der Waals surface area (Å²) in [5.74, 6) is 0.752. The molecule has 2 amide bonds. The molecule has 0 saturated heterocycles. The highest BCUT2D eigenvalue weighted by Crippen LogP contribution is 2.25. The number of amides is 2. The molecule has 0 radical (unpaired) electrons. The van der Waals surface area contributed by atoms with E-state index in [1.807, 2.05) is 12.1 Å². The van der Waals surface area contributed by atoms with Gasteiger partial charge < -0.3 is 20.9 Å². The Kier molecular flexibility index (Phi) is 7.33. The number of nitrogens with one attached hydrogen (secondary N) is 3. The maximum atomic E-state index is 12.2. The molecular weight excluding hydrogens is 362 g/mol. The van der Waals surface area contributed by atoms with Crippen LogP contribution >= 0.6 is 0 Å². The summed E-state index contributed by atoms with van der Waals surface area (Å²) in [6.07, 6.45) is 7.49. The molecule has 156 valence electrons. The van der Waals surface area contributed by atoms with Crippen LogP contribution in [0.15, 0.2) is 36.5 Å². The molecular formula is C23H33N5O. The van der Waals surface area contributed by atoms with Crippen molar-refractivity contribution >= 4 is 28.9 Å². The van der Waals surface area contributed by atoms with Gasteiger partial charge in [-0.1, -0.05) is 19.3 Å². The van der Waals surface area contributed by atoms with Crippen LogP contribution in [-0.4, -0.2) is 30.1 Å². The lowest BCUT2D eigenvalue weighted by atomic mass is 9.96. The Morgan fingerprint density at radius 3 is 2.48 bits per heavy atom. The van der Waals surface area contributed by atoms with Crippen LogP contribution < -0.4 is 20.9 Å². The molecule has 0 atom stereocenters. The molecule has 0 spiro atoms. The van der Waals surface area contributed by atoms with Crippen molar-refractivity contribution in [2.45, 2.75) is 58.9 Å². The zero-order chi connectivity index (χ0) is 20.6. The molecule has 0 aliphatic heterocycles. The minimum Gasteiger partial charge on any atom is -0.372 e. The van der Waals surface area contributed by atoms with E-state index in [0.29, 0.717) is 11.7 Å². The van der Waals surface area contributed by atoms with Crippen LogP contribution in [0.25, 0.3) is 0 Å². The molecule has 6 nitrogen and oxygen atoms in total. The second-order valence-electron chi connectivity index (χ2n) is 7.66. The van der Waals surface area contributed by atoms with Gasteiger partial charge in [-0.05, 0) is 69.5 Å². The number of carbonyl (C=O) groups excluding carboxylic acids is 1. The van der Waals surface area contributed by atoms with Crippen molar-refractivity contribution < 1.29 is 4.79 Å². The van der Waals surface area contributed by atoms with Crippen molar-refractivity contribution in [3.63, 3.8) is 0 Å². The van der Waals surface area contributed by atoms with Gasteiger partial charge in [0.15, 0.2) is 0 Å². The number of rotatable bonds is 7. The summed E-state index contributed by atoms with van der Waals surface area (Å²) in [5, 5.41) is 9.30. The first-order valence-corrected chi connectivity index (χ1v) is 10.7. The third kappa shape index (κ3) is 5.86. The standard InChI is InChI=1S/C23H33N5O/c1-4-28(5-2)20-12-13-21(17(3)15-20)27-22-14-11-19(16-24-22)26-23(29)25-18-9-7-6-8-10-18/h11-16,18H,4-10H2,1-3H3,(H,24,27)(H2,25,26,29). The van der Waals surface area contributed by atoms with Crippen molar-refractivity contribution in [2.24, 2.45) is 0 Å². The Balaban J connectivity index is 1.56. The number of hydrogen-bond acceptors (Lipinski definition) is 4. The highest BCUT2D eigenvalue weighted by molar-refractivity contribution is 5.89. The number of pyridine rings is 1. The van der Waals surface area contributed by atoms with Crippen molar-refractivity contribution in [1.29, 1.82) is 0 Å². The van der Waals surface area contributed by atoms with E-state index in [4.69, 9.17) is 0 Å². The number of nitrogens with zero attached hydrogens (tertiary/aromatic N) is 2. The molecule has 2 aromatic rings. The topological polar surface area (TPSA) is 69.3 Å². The number of benzene rings is 1. The van der Waals surface area contributed by atoms with Crippen molar-refractivity contribution in [2.75, 3.05) is 28.6 Å². The average Bonchev–Trinajstić information content (AvgIpc) is 2.73. The summed E-state index contributed by atoms with van der Waals surface area (Å²) in [5.41, 5.74) is 4.13. The van der Waals surface area contributed by atoms with Gasteiger partial charge in [-0.3, -0.25) is 0 Å². The normalized spacial score (nSPS) is 14.3. The Morgan fingerprint density at radius 1 is 1.10 bits per heavy atom. The summed E-state index contributed by atoms with van der Waals surface area (Å²) in [7, 11) is 0. The van der Waals surface area contributed by atoms with E-state index in [1.165, 1.54) is 30.5 Å². The Hall–Kier alpha value is -2.76. The van der Waals surface area contributed by atoms with Crippen molar-refractivity contribution in [1.82, 2.24) is 10.3 Å². The Morgan fingerprint density at radius 2 is 1.86 bits per heavy atom. The lowest BCUT2D eigenvalue weighted by Gasteiger charge is -2.23. The van der Waals surface area contributed by atoms with Crippen molar-refractivity contribution in [3.05, 3.63) is 42.1 Å². The smallest absolute Gasteiger partial charge is 0.319 e. The van der Waals surface area contributed by atoms with Gasteiger partial charge >= 0.3 is 6.03 Å². The molecule has 3 N–H and O–H groups in total. The fourth-order valence-corrected chi connectivity index (χ4v) is 3.85. The first-order valence-electron chi connectivity index (χ1n) is 10.7. The highest BCUT2D eigenvalue weighted by atomic mass is 16.2. The third-order valence-electron chi connectivity index (χ3n) is 5.56. The largest absolute Gasteiger partial charge is 0.372 e. The number of hydrogen-bond donors (Lipinski definition) is 3. The van der Waals surface area contributed by atoms with Crippen LogP contribution in [0.2, 0.25) is 0 Å². The van der Waals surface area contributed by atoms with Crippen molar-refractivity contribution in [3.8, 4) is 0 Å². The molecule has 1 fully saturated rings. The lowest BCUT2D eigenvalue weighted by molar-refractivity contribution is 0.244. The molecule has 1 heterocycles. The summed E-state index contributed by atoms with van der Waals surface area (Å²) >= 11 is 0. The summed E-state index contributed by atoms with van der Waals surface area (Å²) in [6, 6.07) is 10.3. The van der Waals surface area contributed by atoms with Crippen LogP contribution in [0.3, 0.4) is 0 Å². The van der Waals surface area contributed by atoms with Gasteiger partial charge in [0.05, 0.1) is 11.9 Å². The molecule has 1 saturated carbocycles. The van der Waals surface area contributed by atoms with Gasteiger partial charge in [-0.15, -0.1) is 0 Å². The van der Waals surface area contributed by atoms with Gasteiger partial charge in [0, 0.05) is 30.5 Å². The second kappa shape index (κ2) is 10.1. The van der Waals surface area contributed by atoms with E-state index >= 15 is 0 Å². The predicted octanol–water partition coefficient (Wildman–Crippen LogP) is 5.43. The first-order chi connectivity index (χ1) is 14.1. The number of aryl methyl sites for hydroxylation is 1. The summed E-state index contributed by atoms with van der Waals surface area (Å²) < 4.78 is 0. The van der Waals surface area contributed by atoms with Crippen LogP contribution in [-0.2, 0) is 0 Å². The molecule has 1 aliphatic carbocycles. The van der Waals surface area contributed by atoms with Crippen LogP contribution in [0.5, 0.6) is 0 Å². The fraction of sp³-hybridized carbons (Fsp3) is 0.478. The molecule has 1 aromatic carbocycles. The second-order valence-corrected chi connectivity index (χ2v) is 7.66. The molecule has 3 rings (SSSR count). The average molecular weight is 396 g/mol. The van der Waals surface area contributed by atoms with Crippen LogP contribution in [0, 0.1) is 6.92 Å². The quantitative estimate of drug-likeness (QED) is 0.584. The number of carbonyl (C=O) groups is 1. The van der Waals surface area contributed by atoms with Gasteiger partial charge in [0.1, 0.15) is 5.82 Å². The summed E-state index contributed by atoms with van der Waals surface area (Å²) in [4.78, 5) is 18.9. The zero-order valence-electron chi connectivity index (χ0n) is 17.8. The van der Waals surface area contributed by atoms with E-state index in [9.17, 15) is 4.79 Å². The third-order valence-corrected chi connectivity index (χ3v) is 5.56. The molecule has 1 aromatic heterocycles. The Bertz CT molecular complexity index is 795. The minimum atomic E-state index is -0.151. The zero-order valence-corrected chi connectivity index (χ0v) is 17.8. The Labute approximate surface area is 174 Å². The monoisotopic (exact) mass is 395 g/mol. The summed E-state index contributed by atoms with van der Waals surface area (Å²) in [6.45, 7) is 8.42. The predicted molar refractivity (Wildman–Crippen MR) is 121 cm³/mol. The van der Waals surface area contributed by atoms with E-state index in [1.54, 1.807) is 6.20 Å². The fourth-order valence-electron chi connectivity index (χ4n) is 3.85. The lowest BCUT2D eigenvalue weighted by Crippen LogP contribution is -2.39. The molecule has 0 bridgehead atoms. The molecule has 6 heteroatoms. The molecule has 29 heavy (non-hydrogen) atoms. The number of aromatic nitrogens is 1. The minimum absolute atomic E-state index is 0.151. The van der Waals surface area contributed by atoms with E-state index in [0.717, 1.165) is 37.4 Å². The van der Waals surface area contributed by atoms with Gasteiger partial charge in [0.2, 0.25) is 0 Å². The SMILES string of the molecule is CCN(CC)c1ccc(Nc2ccc(NC(=O)NC3CCCCC3)cn2)c(C)c1. The number of anilines is 4. The number of urea groups is 1. The van der Waals surface area contributed by atoms with E-state index < -0.39 is 0 Å². The molecule has 1 aliphatic rings. The highest BCUT2D eigenvalue weighted by Gasteiger charge is 2.15. The van der Waals surface area contributed by atoms with E-state index in [-0.39, 0.29) is 6.03 Å².